The summed E-state index contributed by atoms with van der Waals surface area (Å²) >= 11 is 0. The lowest BCUT2D eigenvalue weighted by Gasteiger charge is -2.22. The highest BCUT2D eigenvalue weighted by atomic mass is 16.5. The van der Waals surface area contributed by atoms with Crippen LogP contribution in [0.3, 0.4) is 0 Å². The zero-order valence-electron chi connectivity index (χ0n) is 12.8. The molecule has 0 saturated carbocycles. The number of aryl methyl sites for hydroxylation is 2. The summed E-state index contributed by atoms with van der Waals surface area (Å²) in [5, 5.41) is 3.64. The maximum atomic E-state index is 5.92. The molecule has 4 nitrogen and oxygen atoms in total. The van der Waals surface area contributed by atoms with Crippen molar-refractivity contribution in [3.05, 3.63) is 47.2 Å². The molecule has 2 aromatic rings. The molecule has 0 aliphatic carbocycles. The molecule has 4 heteroatoms. The van der Waals surface area contributed by atoms with Crippen LogP contribution in [-0.4, -0.2) is 11.6 Å². The van der Waals surface area contributed by atoms with E-state index in [9.17, 15) is 0 Å². The first kappa shape index (κ1) is 14.1. The fourth-order valence-corrected chi connectivity index (χ4v) is 2.88. The smallest absolute Gasteiger partial charge is 0.211 e. The van der Waals surface area contributed by atoms with E-state index in [1.807, 2.05) is 6.92 Å². The van der Waals surface area contributed by atoms with Crippen LogP contribution in [0.2, 0.25) is 0 Å². The Morgan fingerprint density at radius 3 is 2.95 bits per heavy atom. The quantitative estimate of drug-likeness (QED) is 0.931. The van der Waals surface area contributed by atoms with E-state index >= 15 is 0 Å². The molecule has 2 atom stereocenters. The van der Waals surface area contributed by atoms with E-state index in [0.29, 0.717) is 0 Å². The summed E-state index contributed by atoms with van der Waals surface area (Å²) in [6.07, 6.45) is 3.87. The monoisotopic (exact) mass is 286 g/mol. The number of nitrogens with zero attached hydrogens (tertiary/aromatic N) is 1. The second-order valence-corrected chi connectivity index (χ2v) is 5.73. The minimum absolute atomic E-state index is 0.0789. The van der Waals surface area contributed by atoms with Crippen LogP contribution >= 0.6 is 0 Å². The van der Waals surface area contributed by atoms with E-state index in [0.717, 1.165) is 36.8 Å². The Labute approximate surface area is 125 Å². The molecule has 0 amide bonds. The third-order valence-corrected chi connectivity index (χ3v) is 3.96. The molecule has 2 heterocycles. The molecule has 1 N–H and O–H groups in total. The number of aromatic nitrogens is 1. The number of hydrogen-bond donors (Lipinski definition) is 1. The van der Waals surface area contributed by atoms with Gasteiger partial charge in [0.25, 0.3) is 0 Å². The van der Waals surface area contributed by atoms with Crippen molar-refractivity contribution in [2.45, 2.75) is 45.7 Å². The largest absolute Gasteiger partial charge is 0.493 e. The first-order chi connectivity index (χ1) is 10.1. The Hall–Kier alpha value is -1.81. The van der Waals surface area contributed by atoms with E-state index in [2.05, 4.69) is 42.3 Å². The highest BCUT2D eigenvalue weighted by molar-refractivity contribution is 5.43. The first-order valence-electron chi connectivity index (χ1n) is 7.56. The van der Waals surface area contributed by atoms with Gasteiger partial charge in [-0.1, -0.05) is 18.2 Å². The summed E-state index contributed by atoms with van der Waals surface area (Å²) in [7, 11) is 0. The van der Waals surface area contributed by atoms with Gasteiger partial charge in [-0.05, 0) is 39.2 Å². The van der Waals surface area contributed by atoms with Crippen LogP contribution in [0.5, 0.6) is 5.75 Å². The van der Waals surface area contributed by atoms with E-state index in [1.165, 1.54) is 11.1 Å². The SMILES string of the molecule is Cc1cnc(C(C)NC2CCCOc3c(C)cccc32)o1. The predicted octanol–water partition coefficient (Wildman–Crippen LogP) is 3.86. The van der Waals surface area contributed by atoms with Crippen molar-refractivity contribution >= 4 is 0 Å². The second-order valence-electron chi connectivity index (χ2n) is 5.73. The lowest BCUT2D eigenvalue weighted by Crippen LogP contribution is -2.24. The van der Waals surface area contributed by atoms with Crippen molar-refractivity contribution in [2.24, 2.45) is 0 Å². The predicted molar refractivity (Wildman–Crippen MR) is 81.4 cm³/mol. The van der Waals surface area contributed by atoms with Crippen LogP contribution in [0.25, 0.3) is 0 Å². The molecule has 0 fully saturated rings. The van der Waals surface area contributed by atoms with Gasteiger partial charge in [-0.2, -0.15) is 0 Å². The summed E-state index contributed by atoms with van der Waals surface area (Å²) < 4.78 is 11.5. The number of para-hydroxylation sites is 1. The molecule has 0 radical (unpaired) electrons. The van der Waals surface area contributed by atoms with Crippen LogP contribution in [0.1, 0.15) is 54.6 Å². The molecular formula is C17H22N2O2. The molecule has 21 heavy (non-hydrogen) atoms. The number of ether oxygens (including phenoxy) is 1. The van der Waals surface area contributed by atoms with Gasteiger partial charge in [0, 0.05) is 11.6 Å². The molecule has 0 spiro atoms. The molecule has 112 valence electrons. The number of hydrogen-bond acceptors (Lipinski definition) is 4. The van der Waals surface area contributed by atoms with E-state index in [4.69, 9.17) is 9.15 Å². The van der Waals surface area contributed by atoms with Gasteiger partial charge in [0.1, 0.15) is 11.5 Å². The fourth-order valence-electron chi connectivity index (χ4n) is 2.88. The molecule has 3 rings (SSSR count). The maximum Gasteiger partial charge on any atom is 0.211 e. The number of nitrogens with one attached hydrogen (secondary N) is 1. The van der Waals surface area contributed by atoms with Gasteiger partial charge in [-0.25, -0.2) is 4.98 Å². The third kappa shape index (κ3) is 2.95. The molecular weight excluding hydrogens is 264 g/mol. The molecule has 1 aromatic carbocycles. The minimum atomic E-state index is 0.0789. The zero-order chi connectivity index (χ0) is 14.8. The summed E-state index contributed by atoms with van der Waals surface area (Å²) in [5.41, 5.74) is 2.43. The van der Waals surface area contributed by atoms with Crippen LogP contribution < -0.4 is 10.1 Å². The Morgan fingerprint density at radius 2 is 2.19 bits per heavy atom. The van der Waals surface area contributed by atoms with E-state index < -0.39 is 0 Å². The maximum absolute atomic E-state index is 5.92. The fraction of sp³-hybridized carbons (Fsp3) is 0.471. The molecule has 1 aliphatic heterocycles. The van der Waals surface area contributed by atoms with Crippen molar-refractivity contribution in [1.82, 2.24) is 10.3 Å². The number of benzene rings is 1. The third-order valence-electron chi connectivity index (χ3n) is 3.96. The molecule has 1 aromatic heterocycles. The van der Waals surface area contributed by atoms with Gasteiger partial charge in [-0.15, -0.1) is 0 Å². The van der Waals surface area contributed by atoms with E-state index in [1.54, 1.807) is 6.20 Å². The van der Waals surface area contributed by atoms with Crippen molar-refractivity contribution in [3.8, 4) is 5.75 Å². The molecule has 0 saturated heterocycles. The van der Waals surface area contributed by atoms with Crippen LogP contribution in [-0.2, 0) is 0 Å². The molecule has 2 unspecified atom stereocenters. The highest BCUT2D eigenvalue weighted by Gasteiger charge is 2.24. The Balaban J connectivity index is 1.84. The second kappa shape index (κ2) is 5.90. The topological polar surface area (TPSA) is 47.3 Å². The zero-order valence-corrected chi connectivity index (χ0v) is 12.8. The lowest BCUT2D eigenvalue weighted by molar-refractivity contribution is 0.311. The summed E-state index contributed by atoms with van der Waals surface area (Å²) in [6.45, 7) is 6.89. The summed E-state index contributed by atoms with van der Waals surface area (Å²) in [4.78, 5) is 4.32. The van der Waals surface area contributed by atoms with Crippen molar-refractivity contribution in [2.75, 3.05) is 6.61 Å². The first-order valence-corrected chi connectivity index (χ1v) is 7.56. The Morgan fingerprint density at radius 1 is 1.33 bits per heavy atom. The number of oxazole rings is 1. The average molecular weight is 286 g/mol. The van der Waals surface area contributed by atoms with Gasteiger partial charge in [0.05, 0.1) is 18.8 Å². The Bertz CT molecular complexity index is 621. The van der Waals surface area contributed by atoms with Crippen molar-refractivity contribution in [3.63, 3.8) is 0 Å². The van der Waals surface area contributed by atoms with Gasteiger partial charge < -0.3 is 9.15 Å². The minimum Gasteiger partial charge on any atom is -0.493 e. The average Bonchev–Trinajstić information content (AvgIpc) is 2.79. The number of rotatable bonds is 3. The van der Waals surface area contributed by atoms with Gasteiger partial charge in [0.15, 0.2) is 0 Å². The van der Waals surface area contributed by atoms with Crippen LogP contribution in [0.4, 0.5) is 0 Å². The van der Waals surface area contributed by atoms with Crippen LogP contribution in [0.15, 0.2) is 28.8 Å². The van der Waals surface area contributed by atoms with Gasteiger partial charge in [-0.3, -0.25) is 5.32 Å². The standard InChI is InChI=1S/C17H22N2O2/c1-11-6-4-7-14-15(8-5-9-20-16(11)14)19-13(3)17-18-10-12(2)21-17/h4,6-7,10,13,15,19H,5,8-9H2,1-3H3. The number of fused-ring (bicyclic) bond motifs is 1. The molecule has 1 aliphatic rings. The van der Waals surface area contributed by atoms with E-state index in [-0.39, 0.29) is 12.1 Å². The van der Waals surface area contributed by atoms with Gasteiger partial charge >= 0.3 is 0 Å². The van der Waals surface area contributed by atoms with Crippen LogP contribution in [0, 0.1) is 13.8 Å². The van der Waals surface area contributed by atoms with Gasteiger partial charge in [0.2, 0.25) is 5.89 Å². The highest BCUT2D eigenvalue weighted by Crippen LogP contribution is 2.35. The summed E-state index contributed by atoms with van der Waals surface area (Å²) in [5.74, 6) is 2.62. The van der Waals surface area contributed by atoms with Crippen molar-refractivity contribution < 1.29 is 9.15 Å². The van der Waals surface area contributed by atoms with Crippen molar-refractivity contribution in [1.29, 1.82) is 0 Å². The normalized spacial score (nSPS) is 19.5. The summed E-state index contributed by atoms with van der Waals surface area (Å²) in [6, 6.07) is 6.69. The molecule has 0 bridgehead atoms. The Kier molecular flexibility index (Phi) is 3.97. The lowest BCUT2D eigenvalue weighted by atomic mass is 9.99.